The molecule has 0 radical (unpaired) electrons. The van der Waals surface area contributed by atoms with Gasteiger partial charge in [-0.2, -0.15) is 11.8 Å². The molecule has 2 rings (SSSR count). The largest absolute Gasteiger partial charge is 0.309 e. The average Bonchev–Trinajstić information content (AvgIpc) is 2.47. The Balaban J connectivity index is 2.13. The van der Waals surface area contributed by atoms with Crippen LogP contribution in [0.2, 0.25) is 5.02 Å². The van der Waals surface area contributed by atoms with Gasteiger partial charge < -0.3 is 5.32 Å². The smallest absolute Gasteiger partial charge is 0.141 e. The fourth-order valence-electron chi connectivity index (χ4n) is 1.79. The van der Waals surface area contributed by atoms with E-state index in [4.69, 9.17) is 11.6 Å². The molecule has 16 heavy (non-hydrogen) atoms. The molecule has 1 aliphatic rings. The van der Waals surface area contributed by atoms with Crippen molar-refractivity contribution < 1.29 is 4.39 Å². The summed E-state index contributed by atoms with van der Waals surface area (Å²) in [5.74, 6) is 2.54. The van der Waals surface area contributed by atoms with Crippen molar-refractivity contribution >= 4 is 23.4 Å². The summed E-state index contributed by atoms with van der Waals surface area (Å²) in [5, 5.41) is 3.70. The zero-order valence-corrected chi connectivity index (χ0v) is 10.7. The summed E-state index contributed by atoms with van der Waals surface area (Å²) in [4.78, 5) is 0. The minimum atomic E-state index is -0.347. The first-order valence-electron chi connectivity index (χ1n) is 5.43. The molecule has 0 bridgehead atoms. The van der Waals surface area contributed by atoms with Crippen molar-refractivity contribution in [1.82, 2.24) is 5.32 Å². The van der Waals surface area contributed by atoms with Gasteiger partial charge in [0.1, 0.15) is 5.82 Å². The first-order valence-corrected chi connectivity index (χ1v) is 6.96. The van der Waals surface area contributed by atoms with E-state index in [1.54, 1.807) is 6.07 Å². The lowest BCUT2D eigenvalue weighted by Crippen LogP contribution is -2.25. The number of rotatable bonds is 1. The summed E-state index contributed by atoms with van der Waals surface area (Å²) >= 11 is 7.73. The number of benzene rings is 1. The van der Waals surface area contributed by atoms with Gasteiger partial charge in [-0.05, 0) is 35.9 Å². The van der Waals surface area contributed by atoms with E-state index in [-0.39, 0.29) is 16.9 Å². The third-order valence-electron chi connectivity index (χ3n) is 2.75. The van der Waals surface area contributed by atoms with Gasteiger partial charge in [-0.3, -0.25) is 0 Å². The minimum Gasteiger partial charge on any atom is -0.309 e. The highest BCUT2D eigenvalue weighted by Gasteiger charge is 2.17. The predicted molar refractivity (Wildman–Crippen MR) is 68.6 cm³/mol. The Hall–Kier alpha value is -0.250. The Morgan fingerprint density at radius 1 is 1.44 bits per heavy atom. The fourth-order valence-corrected chi connectivity index (χ4v) is 3.18. The van der Waals surface area contributed by atoms with E-state index in [0.29, 0.717) is 5.92 Å². The van der Waals surface area contributed by atoms with Gasteiger partial charge in [0.05, 0.1) is 5.02 Å². The molecule has 2 atom stereocenters. The maximum absolute atomic E-state index is 13.1. The molecule has 0 aromatic heterocycles. The van der Waals surface area contributed by atoms with E-state index in [0.717, 1.165) is 17.9 Å². The Morgan fingerprint density at radius 2 is 2.25 bits per heavy atom. The molecule has 0 spiro atoms. The lowest BCUT2D eigenvalue weighted by atomic mass is 10.1. The predicted octanol–water partition coefficient (Wildman–Crippen LogP) is 3.49. The molecule has 1 fully saturated rings. The number of thioether (sulfide) groups is 1. The molecule has 1 nitrogen and oxygen atoms in total. The van der Waals surface area contributed by atoms with Crippen LogP contribution >= 0.6 is 23.4 Å². The second-order valence-corrected chi connectivity index (χ2v) is 5.76. The number of hydrogen-bond acceptors (Lipinski definition) is 2. The van der Waals surface area contributed by atoms with Crippen LogP contribution in [0.5, 0.6) is 0 Å². The van der Waals surface area contributed by atoms with Gasteiger partial charge >= 0.3 is 0 Å². The van der Waals surface area contributed by atoms with Crippen molar-refractivity contribution in [1.29, 1.82) is 0 Å². The van der Waals surface area contributed by atoms with Crippen LogP contribution in [0.25, 0.3) is 0 Å². The highest BCUT2D eigenvalue weighted by Crippen LogP contribution is 2.26. The van der Waals surface area contributed by atoms with Crippen LogP contribution in [0.4, 0.5) is 4.39 Å². The molecule has 1 aliphatic heterocycles. The normalized spacial score (nSPS) is 26.4. The van der Waals surface area contributed by atoms with Gasteiger partial charge in [0.25, 0.3) is 0 Å². The summed E-state index contributed by atoms with van der Waals surface area (Å²) in [6, 6.07) is 5.27. The van der Waals surface area contributed by atoms with Crippen LogP contribution in [0.3, 0.4) is 0 Å². The molecule has 1 N–H and O–H groups in total. The van der Waals surface area contributed by atoms with E-state index < -0.39 is 0 Å². The summed E-state index contributed by atoms with van der Waals surface area (Å²) in [6.07, 6.45) is 0. The summed E-state index contributed by atoms with van der Waals surface area (Å²) in [6.45, 7) is 3.24. The fraction of sp³-hybridized carbons (Fsp3) is 0.500. The Morgan fingerprint density at radius 3 is 3.00 bits per heavy atom. The Labute approximate surface area is 105 Å². The number of hydrogen-bond donors (Lipinski definition) is 1. The first kappa shape index (κ1) is 12.2. The molecular weight excluding hydrogens is 245 g/mol. The van der Waals surface area contributed by atoms with Crippen LogP contribution in [0, 0.1) is 11.7 Å². The van der Waals surface area contributed by atoms with E-state index in [1.165, 1.54) is 11.8 Å². The van der Waals surface area contributed by atoms with Crippen LogP contribution < -0.4 is 5.32 Å². The SMILES string of the molecule is CC1CNC(c2ccc(F)c(Cl)c2)CSC1. The molecule has 1 heterocycles. The Bertz CT molecular complexity index is 372. The van der Waals surface area contributed by atoms with Crippen molar-refractivity contribution in [3.8, 4) is 0 Å². The lowest BCUT2D eigenvalue weighted by molar-refractivity contribution is 0.517. The second-order valence-electron chi connectivity index (χ2n) is 4.28. The standard InChI is InChI=1S/C12H15ClFNS/c1-8-5-15-12(7-16-6-8)9-2-3-11(14)10(13)4-9/h2-4,8,12,15H,5-7H2,1H3. The van der Waals surface area contributed by atoms with Gasteiger partial charge in [0.2, 0.25) is 0 Å². The molecule has 0 amide bonds. The molecule has 2 unspecified atom stereocenters. The van der Waals surface area contributed by atoms with Crippen LogP contribution in [0.15, 0.2) is 18.2 Å². The number of nitrogens with one attached hydrogen (secondary N) is 1. The van der Waals surface area contributed by atoms with Crippen molar-refractivity contribution in [3.63, 3.8) is 0 Å². The lowest BCUT2D eigenvalue weighted by Gasteiger charge is -2.16. The first-order chi connectivity index (χ1) is 7.66. The van der Waals surface area contributed by atoms with Crippen molar-refractivity contribution in [2.24, 2.45) is 5.92 Å². The monoisotopic (exact) mass is 259 g/mol. The zero-order valence-electron chi connectivity index (χ0n) is 9.17. The van der Waals surface area contributed by atoms with Gasteiger partial charge in [0.15, 0.2) is 0 Å². The highest BCUT2D eigenvalue weighted by atomic mass is 35.5. The second kappa shape index (κ2) is 5.39. The third kappa shape index (κ3) is 2.90. The molecule has 0 aliphatic carbocycles. The Kier molecular flexibility index (Phi) is 4.11. The molecule has 1 saturated heterocycles. The molecule has 88 valence electrons. The average molecular weight is 260 g/mol. The van der Waals surface area contributed by atoms with Gasteiger partial charge in [-0.15, -0.1) is 0 Å². The van der Waals surface area contributed by atoms with E-state index in [9.17, 15) is 4.39 Å². The highest BCUT2D eigenvalue weighted by molar-refractivity contribution is 7.99. The van der Waals surface area contributed by atoms with Crippen molar-refractivity contribution in [2.45, 2.75) is 13.0 Å². The van der Waals surface area contributed by atoms with Crippen LogP contribution in [-0.4, -0.2) is 18.1 Å². The van der Waals surface area contributed by atoms with E-state index in [2.05, 4.69) is 12.2 Å². The topological polar surface area (TPSA) is 12.0 Å². The molecule has 0 saturated carbocycles. The van der Waals surface area contributed by atoms with Crippen molar-refractivity contribution in [2.75, 3.05) is 18.1 Å². The molecule has 4 heteroatoms. The maximum atomic E-state index is 13.1. The molecule has 1 aromatic rings. The maximum Gasteiger partial charge on any atom is 0.141 e. The minimum absolute atomic E-state index is 0.210. The van der Waals surface area contributed by atoms with Crippen LogP contribution in [0.1, 0.15) is 18.5 Å². The molecular formula is C12H15ClFNS. The summed E-state index contributed by atoms with van der Waals surface area (Å²) in [5.41, 5.74) is 1.08. The number of halogens is 2. The third-order valence-corrected chi connectivity index (χ3v) is 4.41. The summed E-state index contributed by atoms with van der Waals surface area (Å²) in [7, 11) is 0. The van der Waals surface area contributed by atoms with E-state index in [1.807, 2.05) is 17.8 Å². The zero-order chi connectivity index (χ0) is 11.5. The van der Waals surface area contributed by atoms with Gasteiger partial charge in [-0.25, -0.2) is 4.39 Å². The van der Waals surface area contributed by atoms with Crippen LogP contribution in [-0.2, 0) is 0 Å². The van der Waals surface area contributed by atoms with Crippen molar-refractivity contribution in [3.05, 3.63) is 34.6 Å². The van der Waals surface area contributed by atoms with E-state index >= 15 is 0 Å². The molecule has 1 aromatic carbocycles. The summed E-state index contributed by atoms with van der Waals surface area (Å²) < 4.78 is 13.1. The van der Waals surface area contributed by atoms with Gasteiger partial charge in [-0.1, -0.05) is 24.6 Å². The quantitative estimate of drug-likeness (QED) is 0.829. The van der Waals surface area contributed by atoms with Gasteiger partial charge in [0, 0.05) is 11.8 Å².